The first-order valence-electron chi connectivity index (χ1n) is 7.34. The molecule has 0 saturated carbocycles. The average molecular weight is 417 g/mol. The fourth-order valence-electron chi connectivity index (χ4n) is 2.28. The molecule has 0 radical (unpaired) electrons. The lowest BCUT2D eigenvalue weighted by Gasteiger charge is -2.15. The van der Waals surface area contributed by atoms with Gasteiger partial charge < -0.3 is 10.1 Å². The normalized spacial score (nSPS) is 11.9. The number of ether oxygens (including phenoxy) is 1. The predicted octanol–water partition coefficient (Wildman–Crippen LogP) is 4.85. The maximum absolute atomic E-state index is 12.2. The molecule has 0 aliphatic rings. The van der Waals surface area contributed by atoms with E-state index in [4.69, 9.17) is 4.74 Å². The van der Waals surface area contributed by atoms with Gasteiger partial charge in [0.25, 0.3) is 5.91 Å². The van der Waals surface area contributed by atoms with Crippen molar-refractivity contribution in [3.05, 3.63) is 70.3 Å². The molecule has 3 aromatic carbocycles. The third kappa shape index (κ3) is 4.01. The third-order valence-corrected chi connectivity index (χ3v) is 4.23. The topological polar surface area (TPSA) is 38.3 Å². The molecule has 1 amide bonds. The standard InChI is InChI=1S/C19H16INO2/c1-13(19(22)21-17-9-7-16(20)8-10-17)23-18-11-6-14-4-2-3-5-15(14)12-18/h2-13H,1H3,(H,21,22)/t13-/m1/s1. The summed E-state index contributed by atoms with van der Waals surface area (Å²) in [4.78, 5) is 12.2. The number of nitrogens with one attached hydrogen (secondary N) is 1. The lowest BCUT2D eigenvalue weighted by molar-refractivity contribution is -0.122. The van der Waals surface area contributed by atoms with Gasteiger partial charge in [-0.3, -0.25) is 4.79 Å². The minimum absolute atomic E-state index is 0.167. The molecule has 1 N–H and O–H groups in total. The SMILES string of the molecule is C[C@@H](Oc1ccc2ccccc2c1)C(=O)Nc1ccc(I)cc1. The van der Waals surface area contributed by atoms with Crippen molar-refractivity contribution in [2.75, 3.05) is 5.32 Å². The molecule has 3 rings (SSSR count). The molecule has 0 fully saturated rings. The Kier molecular flexibility index (Phi) is 4.81. The largest absolute Gasteiger partial charge is 0.481 e. The van der Waals surface area contributed by atoms with Crippen LogP contribution in [0.25, 0.3) is 10.8 Å². The van der Waals surface area contributed by atoms with Crippen molar-refractivity contribution in [3.8, 4) is 5.75 Å². The second kappa shape index (κ2) is 7.00. The molecule has 0 bridgehead atoms. The Hall–Kier alpha value is -2.08. The van der Waals surface area contributed by atoms with Gasteiger partial charge in [-0.2, -0.15) is 0 Å². The highest BCUT2D eigenvalue weighted by atomic mass is 127. The highest BCUT2D eigenvalue weighted by molar-refractivity contribution is 14.1. The molecule has 0 heterocycles. The zero-order valence-corrected chi connectivity index (χ0v) is 14.8. The van der Waals surface area contributed by atoms with Crippen LogP contribution in [0.3, 0.4) is 0 Å². The van der Waals surface area contributed by atoms with Gasteiger partial charge >= 0.3 is 0 Å². The Morgan fingerprint density at radius 2 is 1.70 bits per heavy atom. The quantitative estimate of drug-likeness (QED) is 0.617. The van der Waals surface area contributed by atoms with Gasteiger partial charge in [0.15, 0.2) is 6.10 Å². The highest BCUT2D eigenvalue weighted by Crippen LogP contribution is 2.21. The molecule has 116 valence electrons. The molecule has 0 spiro atoms. The predicted molar refractivity (Wildman–Crippen MR) is 102 cm³/mol. The Morgan fingerprint density at radius 3 is 2.43 bits per heavy atom. The molecule has 0 saturated heterocycles. The Balaban J connectivity index is 1.68. The van der Waals surface area contributed by atoms with Crippen LogP contribution >= 0.6 is 22.6 Å². The summed E-state index contributed by atoms with van der Waals surface area (Å²) in [6.07, 6.45) is -0.574. The van der Waals surface area contributed by atoms with E-state index >= 15 is 0 Å². The van der Waals surface area contributed by atoms with Gasteiger partial charge in [0.1, 0.15) is 5.75 Å². The molecule has 1 atom stereocenters. The van der Waals surface area contributed by atoms with E-state index in [1.165, 1.54) is 0 Å². The van der Waals surface area contributed by atoms with Crippen LogP contribution in [0.1, 0.15) is 6.92 Å². The van der Waals surface area contributed by atoms with Gasteiger partial charge in [-0.1, -0.05) is 30.3 Å². The molecule has 3 aromatic rings. The zero-order valence-electron chi connectivity index (χ0n) is 12.6. The maximum atomic E-state index is 12.2. The van der Waals surface area contributed by atoms with Crippen molar-refractivity contribution in [1.29, 1.82) is 0 Å². The Bertz CT molecular complexity index is 830. The zero-order chi connectivity index (χ0) is 16.2. The number of rotatable bonds is 4. The minimum Gasteiger partial charge on any atom is -0.481 e. The summed E-state index contributed by atoms with van der Waals surface area (Å²) >= 11 is 2.23. The van der Waals surface area contributed by atoms with Gasteiger partial charge in [0.2, 0.25) is 0 Å². The number of benzene rings is 3. The summed E-state index contributed by atoms with van der Waals surface area (Å²) in [5, 5.41) is 5.10. The van der Waals surface area contributed by atoms with Gasteiger partial charge in [-0.15, -0.1) is 0 Å². The van der Waals surface area contributed by atoms with Crippen LogP contribution in [-0.4, -0.2) is 12.0 Å². The average Bonchev–Trinajstić information content (AvgIpc) is 2.56. The fraction of sp³-hybridized carbons (Fsp3) is 0.105. The molecule has 0 aliphatic carbocycles. The van der Waals surface area contributed by atoms with Crippen molar-refractivity contribution >= 4 is 45.0 Å². The minimum atomic E-state index is -0.574. The third-order valence-electron chi connectivity index (χ3n) is 3.51. The molecule has 0 aliphatic heterocycles. The maximum Gasteiger partial charge on any atom is 0.265 e. The smallest absolute Gasteiger partial charge is 0.265 e. The van der Waals surface area contributed by atoms with Crippen LogP contribution < -0.4 is 10.1 Å². The summed E-state index contributed by atoms with van der Waals surface area (Å²) in [6, 6.07) is 21.5. The monoisotopic (exact) mass is 417 g/mol. The Labute approximate surface area is 148 Å². The second-order valence-corrected chi connectivity index (χ2v) is 6.51. The van der Waals surface area contributed by atoms with E-state index in [-0.39, 0.29) is 5.91 Å². The van der Waals surface area contributed by atoms with E-state index in [2.05, 4.69) is 27.9 Å². The fourth-order valence-corrected chi connectivity index (χ4v) is 2.64. The Morgan fingerprint density at radius 1 is 1.00 bits per heavy atom. The lowest BCUT2D eigenvalue weighted by Crippen LogP contribution is -2.30. The van der Waals surface area contributed by atoms with Gasteiger partial charge in [0, 0.05) is 9.26 Å². The number of hydrogen-bond acceptors (Lipinski definition) is 2. The van der Waals surface area contributed by atoms with Crippen LogP contribution in [0.2, 0.25) is 0 Å². The van der Waals surface area contributed by atoms with Crippen molar-refractivity contribution in [2.24, 2.45) is 0 Å². The summed E-state index contributed by atoms with van der Waals surface area (Å²) < 4.78 is 6.89. The molecule has 0 aromatic heterocycles. The van der Waals surface area contributed by atoms with Crippen LogP contribution in [0.15, 0.2) is 66.7 Å². The molecule has 3 nitrogen and oxygen atoms in total. The summed E-state index contributed by atoms with van der Waals surface area (Å²) in [5.41, 5.74) is 0.768. The first-order chi connectivity index (χ1) is 11.1. The molecule has 4 heteroatoms. The van der Waals surface area contributed by atoms with Gasteiger partial charge in [0.05, 0.1) is 0 Å². The number of fused-ring (bicyclic) bond motifs is 1. The van der Waals surface area contributed by atoms with Crippen molar-refractivity contribution in [3.63, 3.8) is 0 Å². The number of halogens is 1. The van der Waals surface area contributed by atoms with Crippen molar-refractivity contribution in [1.82, 2.24) is 0 Å². The molecular formula is C19H16INO2. The van der Waals surface area contributed by atoms with Crippen LogP contribution in [0.4, 0.5) is 5.69 Å². The summed E-state index contributed by atoms with van der Waals surface area (Å²) in [7, 11) is 0. The van der Waals surface area contributed by atoms with Crippen LogP contribution in [-0.2, 0) is 4.79 Å². The van der Waals surface area contributed by atoms with Gasteiger partial charge in [-0.25, -0.2) is 0 Å². The van der Waals surface area contributed by atoms with E-state index in [0.29, 0.717) is 5.75 Å². The summed E-state index contributed by atoms with van der Waals surface area (Å²) in [5.74, 6) is 0.522. The van der Waals surface area contributed by atoms with E-state index < -0.39 is 6.10 Å². The number of carbonyl (C=O) groups excluding carboxylic acids is 1. The van der Waals surface area contributed by atoms with Crippen molar-refractivity contribution in [2.45, 2.75) is 13.0 Å². The first kappa shape index (κ1) is 15.8. The van der Waals surface area contributed by atoms with E-state index in [1.54, 1.807) is 6.92 Å². The van der Waals surface area contributed by atoms with E-state index in [1.807, 2.05) is 66.7 Å². The number of anilines is 1. The molecule has 0 unspecified atom stereocenters. The molecular weight excluding hydrogens is 401 g/mol. The number of hydrogen-bond donors (Lipinski definition) is 1. The lowest BCUT2D eigenvalue weighted by atomic mass is 10.1. The molecule has 23 heavy (non-hydrogen) atoms. The van der Waals surface area contributed by atoms with Crippen LogP contribution in [0.5, 0.6) is 5.75 Å². The van der Waals surface area contributed by atoms with Crippen molar-refractivity contribution < 1.29 is 9.53 Å². The number of carbonyl (C=O) groups is 1. The second-order valence-electron chi connectivity index (χ2n) is 5.27. The van der Waals surface area contributed by atoms with Crippen LogP contribution in [0, 0.1) is 3.57 Å². The van der Waals surface area contributed by atoms with E-state index in [0.717, 1.165) is 20.0 Å². The summed E-state index contributed by atoms with van der Waals surface area (Å²) in [6.45, 7) is 1.75. The highest BCUT2D eigenvalue weighted by Gasteiger charge is 2.15. The number of amides is 1. The van der Waals surface area contributed by atoms with Gasteiger partial charge in [-0.05, 0) is 76.7 Å². The van der Waals surface area contributed by atoms with E-state index in [9.17, 15) is 4.79 Å². The first-order valence-corrected chi connectivity index (χ1v) is 8.41.